The fourth-order valence-corrected chi connectivity index (χ4v) is 3.68. The fraction of sp³-hybridized carbons (Fsp3) is 0.263. The molecule has 1 amide bonds. The molecule has 0 aliphatic heterocycles. The summed E-state index contributed by atoms with van der Waals surface area (Å²) in [7, 11) is -4.33. The van der Waals surface area contributed by atoms with Crippen LogP contribution < -0.4 is 31.6 Å². The quantitative estimate of drug-likeness (QED) is 0.119. The summed E-state index contributed by atoms with van der Waals surface area (Å²) >= 11 is 0. The second-order valence-corrected chi connectivity index (χ2v) is 8.63. The third kappa shape index (κ3) is 7.44. The van der Waals surface area contributed by atoms with E-state index < -0.39 is 56.9 Å². The summed E-state index contributed by atoms with van der Waals surface area (Å²) in [6.45, 7) is 0.906. The molecule has 1 atom stereocenters. The molecule has 0 fully saturated rings. The minimum Gasteiger partial charge on any atom is -0.368 e. The molecule has 0 spiro atoms. The Bertz CT molecular complexity index is 1280. The number of carbonyl (C=O) groups is 2. The molecule has 0 saturated heterocycles. The standard InChI is InChI=1S/C19H21F3N6O7S/c1-11(15(29)25-9-10-34-26-18(23)24)14-8-7-13(16(30)28(14)35-17(31)19(20,21)22)27-36(32,33)12-5-3-2-4-6-12/h2-8,11,27H,9-10H2,1H3,(H,25,29)(H4,23,24,26). The van der Waals surface area contributed by atoms with E-state index in [0.717, 1.165) is 12.1 Å². The van der Waals surface area contributed by atoms with Crippen LogP contribution in [0.25, 0.3) is 0 Å². The number of aromatic nitrogens is 1. The van der Waals surface area contributed by atoms with Crippen LogP contribution in [0, 0.1) is 5.41 Å². The first-order chi connectivity index (χ1) is 16.7. The van der Waals surface area contributed by atoms with Crippen molar-refractivity contribution in [1.82, 2.24) is 15.5 Å². The minimum absolute atomic E-state index is 0.100. The highest BCUT2D eigenvalue weighted by atomic mass is 32.2. The maximum Gasteiger partial charge on any atom is 0.493 e. The summed E-state index contributed by atoms with van der Waals surface area (Å²) < 4.78 is 65.4. The van der Waals surface area contributed by atoms with Crippen LogP contribution in [-0.2, 0) is 24.4 Å². The Morgan fingerprint density at radius 1 is 1.17 bits per heavy atom. The van der Waals surface area contributed by atoms with E-state index in [0.29, 0.717) is 0 Å². The molecule has 17 heteroatoms. The van der Waals surface area contributed by atoms with Crippen molar-refractivity contribution in [3.63, 3.8) is 0 Å². The minimum atomic E-state index is -5.50. The zero-order valence-corrected chi connectivity index (χ0v) is 19.3. The number of benzene rings is 1. The number of guanidine groups is 1. The molecule has 13 nitrogen and oxygen atoms in total. The zero-order valence-electron chi connectivity index (χ0n) is 18.5. The maximum absolute atomic E-state index is 12.9. The number of halogens is 3. The molecular weight excluding hydrogens is 513 g/mol. The molecule has 0 radical (unpaired) electrons. The van der Waals surface area contributed by atoms with Gasteiger partial charge < -0.3 is 15.9 Å². The second-order valence-electron chi connectivity index (χ2n) is 6.94. The van der Waals surface area contributed by atoms with E-state index in [9.17, 15) is 36.0 Å². The van der Waals surface area contributed by atoms with Crippen LogP contribution in [0.4, 0.5) is 18.9 Å². The van der Waals surface area contributed by atoms with Gasteiger partial charge in [-0.3, -0.25) is 24.6 Å². The molecule has 1 unspecified atom stereocenters. The first-order valence-corrected chi connectivity index (χ1v) is 11.3. The lowest BCUT2D eigenvalue weighted by Gasteiger charge is -2.19. The second kappa shape index (κ2) is 11.5. The van der Waals surface area contributed by atoms with Gasteiger partial charge in [0.2, 0.25) is 11.9 Å². The summed E-state index contributed by atoms with van der Waals surface area (Å²) in [4.78, 5) is 45.4. The molecular formula is C19H21F3N6O7S. The number of alkyl halides is 3. The van der Waals surface area contributed by atoms with Gasteiger partial charge in [0.15, 0.2) is 0 Å². The van der Waals surface area contributed by atoms with Crippen molar-refractivity contribution in [2.24, 2.45) is 5.73 Å². The van der Waals surface area contributed by atoms with Crippen molar-refractivity contribution in [3.05, 3.63) is 58.5 Å². The third-order valence-electron chi connectivity index (χ3n) is 4.30. The Morgan fingerprint density at radius 3 is 2.39 bits per heavy atom. The predicted molar refractivity (Wildman–Crippen MR) is 118 cm³/mol. The van der Waals surface area contributed by atoms with Crippen molar-refractivity contribution >= 4 is 33.5 Å². The highest BCUT2D eigenvalue weighted by Crippen LogP contribution is 2.20. The molecule has 0 aliphatic carbocycles. The number of sulfonamides is 1. The van der Waals surface area contributed by atoms with E-state index in [2.05, 4.69) is 10.2 Å². The van der Waals surface area contributed by atoms with Gasteiger partial charge in [-0.25, -0.2) is 18.7 Å². The van der Waals surface area contributed by atoms with Gasteiger partial charge in [-0.2, -0.15) is 13.2 Å². The SMILES string of the molecule is CC(C(=O)NCCONC(=N)N)c1ccc(NS(=O)(=O)c2ccccc2)c(=O)n1OC(=O)C(F)(F)F. The number of hydrogen-bond acceptors (Lipinski definition) is 8. The van der Waals surface area contributed by atoms with Crippen molar-refractivity contribution in [1.29, 1.82) is 5.41 Å². The smallest absolute Gasteiger partial charge is 0.368 e. The Labute approximate surface area is 201 Å². The summed E-state index contributed by atoms with van der Waals surface area (Å²) in [5.41, 5.74) is 4.32. The molecule has 0 saturated carbocycles. The topological polar surface area (TPSA) is 195 Å². The average Bonchev–Trinajstić information content (AvgIpc) is 2.80. The molecule has 2 rings (SSSR count). The molecule has 1 heterocycles. The molecule has 0 bridgehead atoms. The van der Waals surface area contributed by atoms with E-state index >= 15 is 0 Å². The van der Waals surface area contributed by atoms with Crippen LogP contribution in [0.3, 0.4) is 0 Å². The first kappa shape index (κ1) is 28.1. The Balaban J connectivity index is 2.37. The van der Waals surface area contributed by atoms with Gasteiger partial charge in [0.1, 0.15) is 5.69 Å². The zero-order chi connectivity index (χ0) is 27.1. The Morgan fingerprint density at radius 2 is 1.81 bits per heavy atom. The molecule has 6 N–H and O–H groups in total. The fourth-order valence-electron chi connectivity index (χ4n) is 2.61. The number of nitrogens with two attached hydrogens (primary N) is 1. The first-order valence-electron chi connectivity index (χ1n) is 9.87. The van der Waals surface area contributed by atoms with Crippen LogP contribution >= 0.6 is 0 Å². The van der Waals surface area contributed by atoms with Gasteiger partial charge in [0.05, 0.1) is 23.1 Å². The van der Waals surface area contributed by atoms with Crippen LogP contribution in [0.15, 0.2) is 52.2 Å². The van der Waals surface area contributed by atoms with Gasteiger partial charge in [-0.1, -0.05) is 18.2 Å². The largest absolute Gasteiger partial charge is 0.493 e. The van der Waals surface area contributed by atoms with Crippen molar-refractivity contribution < 1.29 is 40.9 Å². The number of anilines is 1. The lowest BCUT2D eigenvalue weighted by molar-refractivity contribution is -0.200. The number of carbonyl (C=O) groups excluding carboxylic acids is 2. The monoisotopic (exact) mass is 534 g/mol. The van der Waals surface area contributed by atoms with Gasteiger partial charge in [-0.05, 0) is 31.2 Å². The molecule has 1 aromatic heterocycles. The molecule has 196 valence electrons. The van der Waals surface area contributed by atoms with Crippen molar-refractivity contribution in [2.75, 3.05) is 17.9 Å². The van der Waals surface area contributed by atoms with Crippen molar-refractivity contribution in [3.8, 4) is 0 Å². The normalized spacial score (nSPS) is 12.3. The Hall–Kier alpha value is -4.12. The lowest BCUT2D eigenvalue weighted by atomic mass is 10.1. The highest BCUT2D eigenvalue weighted by Gasteiger charge is 2.43. The van der Waals surface area contributed by atoms with Crippen LogP contribution in [-0.4, -0.2) is 50.3 Å². The van der Waals surface area contributed by atoms with Crippen molar-refractivity contribution in [2.45, 2.75) is 23.9 Å². The predicted octanol–water partition coefficient (Wildman–Crippen LogP) is -0.199. The van der Waals surface area contributed by atoms with Crippen LogP contribution in [0.1, 0.15) is 18.5 Å². The molecule has 1 aromatic carbocycles. The number of amides is 1. The third-order valence-corrected chi connectivity index (χ3v) is 5.68. The van der Waals surface area contributed by atoms with Gasteiger partial charge in [0, 0.05) is 6.54 Å². The van der Waals surface area contributed by atoms with Gasteiger partial charge in [-0.15, -0.1) is 4.73 Å². The van der Waals surface area contributed by atoms with E-state index in [1.165, 1.54) is 37.3 Å². The van der Waals surface area contributed by atoms with E-state index in [4.69, 9.17) is 16.0 Å². The summed E-state index contributed by atoms with van der Waals surface area (Å²) in [6.07, 6.45) is -5.50. The number of rotatable bonds is 10. The Kier molecular flexibility index (Phi) is 9.01. The number of nitrogens with zero attached hydrogens (tertiary/aromatic N) is 1. The number of hydroxylamine groups is 1. The molecule has 2 aromatic rings. The van der Waals surface area contributed by atoms with Crippen LogP contribution in [0.2, 0.25) is 0 Å². The summed E-state index contributed by atoms with van der Waals surface area (Å²) in [5, 5.41) is 9.27. The number of pyridine rings is 1. The van der Waals surface area contributed by atoms with Crippen LogP contribution in [0.5, 0.6) is 0 Å². The van der Waals surface area contributed by atoms with Gasteiger partial charge >= 0.3 is 17.7 Å². The average molecular weight is 534 g/mol. The number of nitrogens with one attached hydrogen (secondary N) is 4. The van der Waals surface area contributed by atoms with Gasteiger partial charge in [0.25, 0.3) is 10.0 Å². The van der Waals surface area contributed by atoms with E-state index in [1.54, 1.807) is 0 Å². The van der Waals surface area contributed by atoms with E-state index in [-0.39, 0.29) is 22.8 Å². The highest BCUT2D eigenvalue weighted by molar-refractivity contribution is 7.92. The summed E-state index contributed by atoms with van der Waals surface area (Å²) in [6, 6.07) is 8.63. The van der Waals surface area contributed by atoms with E-state index in [1.807, 2.05) is 10.2 Å². The number of hydrogen-bond donors (Lipinski definition) is 5. The molecule has 0 aliphatic rings. The molecule has 36 heavy (non-hydrogen) atoms. The lowest BCUT2D eigenvalue weighted by Crippen LogP contribution is -2.42. The summed E-state index contributed by atoms with van der Waals surface area (Å²) in [5.74, 6) is -5.42. The maximum atomic E-state index is 12.9.